The van der Waals surface area contributed by atoms with Gasteiger partial charge < -0.3 is 16.4 Å². The van der Waals surface area contributed by atoms with E-state index in [1.165, 1.54) is 0 Å². The van der Waals surface area contributed by atoms with Crippen molar-refractivity contribution in [2.45, 2.75) is 13.8 Å². The smallest absolute Gasteiger partial charge is 0.222 e. The molecular weight excluding hydrogens is 192 g/mol. The third-order valence-corrected chi connectivity index (χ3v) is 1.65. The number of aliphatic imine (C=N–C) groups is 1. The molecule has 0 saturated heterocycles. The summed E-state index contributed by atoms with van der Waals surface area (Å²) >= 11 is 0. The molecule has 0 aliphatic heterocycles. The lowest BCUT2D eigenvalue weighted by Crippen LogP contribution is -2.34. The molecule has 5 heteroatoms. The van der Waals surface area contributed by atoms with Crippen LogP contribution in [-0.2, 0) is 4.79 Å². The lowest BCUT2D eigenvalue weighted by molar-refractivity contribution is -0.123. The van der Waals surface area contributed by atoms with Gasteiger partial charge >= 0.3 is 0 Å². The molecule has 0 aromatic carbocycles. The van der Waals surface area contributed by atoms with Crippen LogP contribution >= 0.6 is 0 Å². The summed E-state index contributed by atoms with van der Waals surface area (Å²) < 4.78 is 0. The number of carbonyl (C=O) groups excluding carboxylic acids is 1. The van der Waals surface area contributed by atoms with Crippen LogP contribution in [0.3, 0.4) is 0 Å². The van der Waals surface area contributed by atoms with Crippen LogP contribution in [0.2, 0.25) is 0 Å². The molecule has 86 valence electrons. The highest BCUT2D eigenvalue weighted by atomic mass is 16.1. The topological polar surface area (TPSA) is 79.5 Å². The number of guanidine groups is 1. The number of nitrogens with one attached hydrogen (secondary N) is 2. The average Bonchev–Trinajstić information content (AvgIpc) is 2.20. The summed E-state index contributed by atoms with van der Waals surface area (Å²) in [5.41, 5.74) is 5.51. The average molecular weight is 212 g/mol. The second-order valence-electron chi connectivity index (χ2n) is 3.38. The molecule has 4 N–H and O–H groups in total. The first kappa shape index (κ1) is 13.5. The second-order valence-corrected chi connectivity index (χ2v) is 3.38. The SMILES string of the molecule is C=CCNC(N)=NCCNC(=O)C(C)C. The summed E-state index contributed by atoms with van der Waals surface area (Å²) in [4.78, 5) is 15.2. The number of hydrogen-bond acceptors (Lipinski definition) is 2. The lowest BCUT2D eigenvalue weighted by Gasteiger charge is -2.06. The second kappa shape index (κ2) is 7.84. The number of hydrogen-bond donors (Lipinski definition) is 3. The third kappa shape index (κ3) is 7.54. The molecule has 0 aromatic heterocycles. The first-order valence-corrected chi connectivity index (χ1v) is 5.00. The Labute approximate surface area is 90.8 Å². The highest BCUT2D eigenvalue weighted by Crippen LogP contribution is 1.89. The normalized spacial score (nSPS) is 11.3. The monoisotopic (exact) mass is 212 g/mol. The zero-order chi connectivity index (χ0) is 11.7. The van der Waals surface area contributed by atoms with Crippen molar-refractivity contribution in [1.82, 2.24) is 10.6 Å². The molecule has 1 amide bonds. The fraction of sp³-hybridized carbons (Fsp3) is 0.600. The van der Waals surface area contributed by atoms with Crippen molar-refractivity contribution in [3.63, 3.8) is 0 Å². The number of rotatable bonds is 6. The highest BCUT2D eigenvalue weighted by molar-refractivity contribution is 5.78. The summed E-state index contributed by atoms with van der Waals surface area (Å²) in [5, 5.41) is 5.58. The quantitative estimate of drug-likeness (QED) is 0.248. The van der Waals surface area contributed by atoms with Gasteiger partial charge in [0.2, 0.25) is 5.91 Å². The molecule has 0 heterocycles. The molecule has 0 saturated carbocycles. The molecule has 0 atom stereocenters. The molecule has 0 bridgehead atoms. The molecule has 0 fully saturated rings. The van der Waals surface area contributed by atoms with E-state index in [9.17, 15) is 4.79 Å². The molecule has 0 aliphatic rings. The summed E-state index contributed by atoms with van der Waals surface area (Å²) in [7, 11) is 0. The van der Waals surface area contributed by atoms with Crippen LogP contribution in [0, 0.1) is 5.92 Å². The van der Waals surface area contributed by atoms with Crippen LogP contribution < -0.4 is 16.4 Å². The molecule has 0 radical (unpaired) electrons. The maximum atomic E-state index is 11.1. The molecule has 0 unspecified atom stereocenters. The molecular formula is C10H20N4O. The van der Waals surface area contributed by atoms with E-state index in [1.54, 1.807) is 6.08 Å². The van der Waals surface area contributed by atoms with E-state index in [0.29, 0.717) is 25.6 Å². The van der Waals surface area contributed by atoms with E-state index in [1.807, 2.05) is 13.8 Å². The van der Waals surface area contributed by atoms with Gasteiger partial charge in [0.25, 0.3) is 0 Å². The van der Waals surface area contributed by atoms with Gasteiger partial charge in [-0.1, -0.05) is 19.9 Å². The fourth-order valence-electron chi connectivity index (χ4n) is 0.792. The largest absolute Gasteiger partial charge is 0.370 e. The van der Waals surface area contributed by atoms with Gasteiger partial charge in [-0.3, -0.25) is 9.79 Å². The van der Waals surface area contributed by atoms with Gasteiger partial charge in [0, 0.05) is 19.0 Å². The number of amides is 1. The molecule has 15 heavy (non-hydrogen) atoms. The standard InChI is InChI=1S/C10H20N4O/c1-4-5-13-10(11)14-7-6-12-9(15)8(2)3/h4,8H,1,5-7H2,2-3H3,(H,12,15)(H3,11,13,14). The van der Waals surface area contributed by atoms with Crippen molar-refractivity contribution < 1.29 is 4.79 Å². The first-order valence-electron chi connectivity index (χ1n) is 5.00. The summed E-state index contributed by atoms with van der Waals surface area (Å²) in [6.45, 7) is 8.81. The molecule has 0 spiro atoms. The van der Waals surface area contributed by atoms with Crippen LogP contribution in [0.1, 0.15) is 13.8 Å². The Hall–Kier alpha value is -1.52. The van der Waals surface area contributed by atoms with Crippen LogP contribution in [-0.4, -0.2) is 31.5 Å². The Kier molecular flexibility index (Phi) is 7.05. The van der Waals surface area contributed by atoms with Gasteiger partial charge in [-0.15, -0.1) is 6.58 Å². The van der Waals surface area contributed by atoms with Crippen molar-refractivity contribution in [2.75, 3.05) is 19.6 Å². The Bertz CT molecular complexity index is 236. The van der Waals surface area contributed by atoms with Gasteiger partial charge in [-0.2, -0.15) is 0 Å². The Balaban J connectivity index is 3.60. The predicted molar refractivity (Wildman–Crippen MR) is 62.5 cm³/mol. The van der Waals surface area contributed by atoms with Gasteiger partial charge in [0.05, 0.1) is 6.54 Å². The van der Waals surface area contributed by atoms with Crippen molar-refractivity contribution in [1.29, 1.82) is 0 Å². The number of nitrogens with two attached hydrogens (primary N) is 1. The predicted octanol–water partition coefficient (Wildman–Crippen LogP) is -0.151. The van der Waals surface area contributed by atoms with E-state index in [2.05, 4.69) is 22.2 Å². The van der Waals surface area contributed by atoms with E-state index >= 15 is 0 Å². The summed E-state index contributed by atoms with van der Waals surface area (Å²) in [6, 6.07) is 0. The van der Waals surface area contributed by atoms with E-state index in [4.69, 9.17) is 5.73 Å². The van der Waals surface area contributed by atoms with Gasteiger partial charge in [-0.25, -0.2) is 0 Å². The maximum absolute atomic E-state index is 11.1. The molecule has 0 rings (SSSR count). The van der Waals surface area contributed by atoms with Gasteiger partial charge in [0.1, 0.15) is 0 Å². The van der Waals surface area contributed by atoms with Crippen molar-refractivity contribution in [3.8, 4) is 0 Å². The van der Waals surface area contributed by atoms with E-state index in [0.717, 1.165) is 0 Å². The first-order chi connectivity index (χ1) is 7.07. The number of nitrogens with zero attached hydrogens (tertiary/aromatic N) is 1. The van der Waals surface area contributed by atoms with Crippen LogP contribution in [0.25, 0.3) is 0 Å². The minimum absolute atomic E-state index is 0.00483. The summed E-state index contributed by atoms with van der Waals surface area (Å²) in [6.07, 6.45) is 1.70. The summed E-state index contributed by atoms with van der Waals surface area (Å²) in [5.74, 6) is 0.404. The Morgan fingerprint density at radius 2 is 2.20 bits per heavy atom. The molecule has 5 nitrogen and oxygen atoms in total. The minimum Gasteiger partial charge on any atom is -0.370 e. The molecule has 0 aromatic rings. The zero-order valence-electron chi connectivity index (χ0n) is 9.42. The fourth-order valence-corrected chi connectivity index (χ4v) is 0.792. The van der Waals surface area contributed by atoms with Crippen molar-refractivity contribution in [2.24, 2.45) is 16.6 Å². The minimum atomic E-state index is 0.00483. The van der Waals surface area contributed by atoms with Crippen LogP contribution in [0.5, 0.6) is 0 Å². The van der Waals surface area contributed by atoms with Crippen LogP contribution in [0.4, 0.5) is 0 Å². The van der Waals surface area contributed by atoms with Gasteiger partial charge in [0.15, 0.2) is 5.96 Å². The van der Waals surface area contributed by atoms with Gasteiger partial charge in [-0.05, 0) is 0 Å². The van der Waals surface area contributed by atoms with E-state index in [-0.39, 0.29) is 11.8 Å². The maximum Gasteiger partial charge on any atom is 0.222 e. The zero-order valence-corrected chi connectivity index (χ0v) is 9.42. The third-order valence-electron chi connectivity index (χ3n) is 1.65. The van der Waals surface area contributed by atoms with Crippen molar-refractivity contribution in [3.05, 3.63) is 12.7 Å². The highest BCUT2D eigenvalue weighted by Gasteiger charge is 2.04. The lowest BCUT2D eigenvalue weighted by atomic mass is 10.2. The van der Waals surface area contributed by atoms with Crippen molar-refractivity contribution >= 4 is 11.9 Å². The molecule has 0 aliphatic carbocycles. The van der Waals surface area contributed by atoms with E-state index < -0.39 is 0 Å². The number of carbonyl (C=O) groups is 1. The Morgan fingerprint density at radius 3 is 2.73 bits per heavy atom. The van der Waals surface area contributed by atoms with Crippen LogP contribution in [0.15, 0.2) is 17.6 Å². The Morgan fingerprint density at radius 1 is 1.53 bits per heavy atom.